The highest BCUT2D eigenvalue weighted by Crippen LogP contribution is 2.24. The number of rotatable bonds is 3. The summed E-state index contributed by atoms with van der Waals surface area (Å²) in [7, 11) is 0. The lowest BCUT2D eigenvalue weighted by molar-refractivity contribution is 0.0937. The van der Waals surface area contributed by atoms with Crippen LogP contribution in [0.4, 0.5) is 4.79 Å². The van der Waals surface area contributed by atoms with E-state index in [1.165, 1.54) is 6.42 Å². The molecule has 0 saturated heterocycles. The summed E-state index contributed by atoms with van der Waals surface area (Å²) in [6, 6.07) is 18.7. The first-order chi connectivity index (χ1) is 14.2. The van der Waals surface area contributed by atoms with E-state index in [1.807, 2.05) is 54.6 Å². The molecular weight excluding hydrogens is 364 g/mol. The van der Waals surface area contributed by atoms with Gasteiger partial charge in [-0.1, -0.05) is 67.8 Å². The van der Waals surface area contributed by atoms with E-state index in [1.54, 1.807) is 6.07 Å². The number of carbonyl (C=O) groups is 2. The Bertz CT molecular complexity index is 1010. The zero-order chi connectivity index (χ0) is 20.1. The average Bonchev–Trinajstić information content (AvgIpc) is 2.78. The van der Waals surface area contributed by atoms with Gasteiger partial charge < -0.3 is 5.32 Å². The first kappa shape index (κ1) is 18.9. The molecule has 1 saturated carbocycles. The fourth-order valence-electron chi connectivity index (χ4n) is 3.77. The second-order valence-corrected chi connectivity index (χ2v) is 7.33. The van der Waals surface area contributed by atoms with Crippen LogP contribution in [0.2, 0.25) is 0 Å². The number of fused-ring (bicyclic) bond motifs is 1. The molecule has 0 aliphatic heterocycles. The molecule has 3 amide bonds. The van der Waals surface area contributed by atoms with Crippen molar-refractivity contribution in [2.75, 3.05) is 0 Å². The zero-order valence-electron chi connectivity index (χ0n) is 16.2. The number of nitrogens with zero attached hydrogens (tertiary/aromatic N) is 1. The van der Waals surface area contributed by atoms with Crippen LogP contribution in [0.15, 0.2) is 60.7 Å². The van der Waals surface area contributed by atoms with Gasteiger partial charge in [0.05, 0.1) is 16.8 Å². The molecule has 1 heterocycles. The molecule has 1 aromatic heterocycles. The lowest BCUT2D eigenvalue weighted by atomic mass is 9.96. The normalized spacial score (nSPS) is 14.3. The summed E-state index contributed by atoms with van der Waals surface area (Å²) in [6.45, 7) is 0. The van der Waals surface area contributed by atoms with Gasteiger partial charge in [-0.05, 0) is 25.0 Å². The van der Waals surface area contributed by atoms with E-state index in [-0.39, 0.29) is 18.0 Å². The van der Waals surface area contributed by atoms with Gasteiger partial charge in [-0.15, -0.1) is 0 Å². The minimum absolute atomic E-state index is 0.173. The number of hydrogen-bond donors (Lipinski definition) is 3. The second kappa shape index (κ2) is 8.73. The monoisotopic (exact) mass is 388 g/mol. The van der Waals surface area contributed by atoms with Crippen LogP contribution in [0.1, 0.15) is 42.5 Å². The highest BCUT2D eigenvalue weighted by atomic mass is 16.2. The highest BCUT2D eigenvalue weighted by molar-refractivity contribution is 6.07. The van der Waals surface area contributed by atoms with E-state index in [9.17, 15) is 9.59 Å². The van der Waals surface area contributed by atoms with E-state index in [4.69, 9.17) is 0 Å². The summed E-state index contributed by atoms with van der Waals surface area (Å²) in [6.07, 6.45) is 5.44. The standard InChI is InChI=1S/C23H24N4O2/c28-22(26-27-23(29)24-17-11-5-2-6-12-17)19-15-21(16-9-3-1-4-10-16)25-20-14-8-7-13-18(19)20/h1,3-4,7-10,13-15,17H,2,5-6,11-12H2,(H,26,28)(H2,24,27,29). The van der Waals surface area contributed by atoms with E-state index >= 15 is 0 Å². The van der Waals surface area contributed by atoms with Crippen LogP contribution >= 0.6 is 0 Å². The van der Waals surface area contributed by atoms with Crippen LogP contribution in [0.3, 0.4) is 0 Å². The molecular formula is C23H24N4O2. The maximum Gasteiger partial charge on any atom is 0.333 e. The SMILES string of the molecule is O=C(NNC(=O)c1cc(-c2ccccc2)nc2ccccc12)NC1CCCCC1. The summed E-state index contributed by atoms with van der Waals surface area (Å²) in [4.78, 5) is 29.7. The van der Waals surface area contributed by atoms with Gasteiger partial charge in [-0.3, -0.25) is 10.2 Å². The number of amides is 3. The van der Waals surface area contributed by atoms with Crippen molar-refractivity contribution >= 4 is 22.8 Å². The molecule has 0 unspecified atom stereocenters. The molecule has 3 aromatic rings. The maximum absolute atomic E-state index is 12.9. The van der Waals surface area contributed by atoms with Crippen LogP contribution in [-0.2, 0) is 0 Å². The number of hydrogen-bond acceptors (Lipinski definition) is 3. The van der Waals surface area contributed by atoms with Crippen molar-refractivity contribution in [3.05, 3.63) is 66.2 Å². The van der Waals surface area contributed by atoms with Crippen molar-refractivity contribution in [1.82, 2.24) is 21.2 Å². The molecule has 1 fully saturated rings. The lowest BCUT2D eigenvalue weighted by Crippen LogP contribution is -2.50. The number of pyridine rings is 1. The molecule has 29 heavy (non-hydrogen) atoms. The summed E-state index contributed by atoms with van der Waals surface area (Å²) in [5, 5.41) is 3.66. The number of para-hydroxylation sites is 1. The number of hydrazine groups is 1. The number of carbonyl (C=O) groups excluding carboxylic acids is 2. The van der Waals surface area contributed by atoms with Gasteiger partial charge in [0, 0.05) is 17.0 Å². The molecule has 0 spiro atoms. The van der Waals surface area contributed by atoms with Crippen molar-refractivity contribution in [2.45, 2.75) is 38.1 Å². The minimum atomic E-state index is -0.383. The van der Waals surface area contributed by atoms with Gasteiger partial charge in [0.15, 0.2) is 0 Å². The van der Waals surface area contributed by atoms with Crippen LogP contribution < -0.4 is 16.2 Å². The van der Waals surface area contributed by atoms with Crippen molar-refractivity contribution < 1.29 is 9.59 Å². The first-order valence-electron chi connectivity index (χ1n) is 10.0. The fourth-order valence-corrected chi connectivity index (χ4v) is 3.77. The van der Waals surface area contributed by atoms with E-state index in [0.717, 1.165) is 42.1 Å². The third-order valence-electron chi connectivity index (χ3n) is 5.26. The summed E-state index contributed by atoms with van der Waals surface area (Å²) in [5.41, 5.74) is 7.84. The molecule has 3 N–H and O–H groups in total. The summed E-state index contributed by atoms with van der Waals surface area (Å²) in [5.74, 6) is -0.375. The molecule has 1 aliphatic carbocycles. The average molecular weight is 388 g/mol. The van der Waals surface area contributed by atoms with Gasteiger partial charge in [0.2, 0.25) is 0 Å². The molecule has 148 valence electrons. The zero-order valence-corrected chi connectivity index (χ0v) is 16.2. The van der Waals surface area contributed by atoms with E-state index in [2.05, 4.69) is 21.2 Å². The fraction of sp³-hybridized carbons (Fsp3) is 0.261. The number of aromatic nitrogens is 1. The lowest BCUT2D eigenvalue weighted by Gasteiger charge is -2.22. The predicted molar refractivity (Wildman–Crippen MR) is 113 cm³/mol. The number of benzene rings is 2. The van der Waals surface area contributed by atoms with Gasteiger partial charge >= 0.3 is 6.03 Å². The van der Waals surface area contributed by atoms with E-state index < -0.39 is 0 Å². The second-order valence-electron chi connectivity index (χ2n) is 7.33. The van der Waals surface area contributed by atoms with Gasteiger partial charge in [0.1, 0.15) is 0 Å². The largest absolute Gasteiger partial charge is 0.334 e. The third kappa shape index (κ3) is 4.54. The van der Waals surface area contributed by atoms with Crippen molar-refractivity contribution in [1.29, 1.82) is 0 Å². The predicted octanol–water partition coefficient (Wildman–Crippen LogP) is 4.18. The molecule has 0 radical (unpaired) electrons. The smallest absolute Gasteiger partial charge is 0.333 e. The van der Waals surface area contributed by atoms with Crippen LogP contribution in [0, 0.1) is 0 Å². The van der Waals surface area contributed by atoms with Gasteiger partial charge in [-0.2, -0.15) is 0 Å². The number of urea groups is 1. The number of nitrogens with one attached hydrogen (secondary N) is 3. The quantitative estimate of drug-likeness (QED) is 0.589. The molecule has 0 bridgehead atoms. The van der Waals surface area contributed by atoms with E-state index in [0.29, 0.717) is 11.3 Å². The maximum atomic E-state index is 12.9. The Hall–Kier alpha value is -3.41. The Balaban J connectivity index is 1.52. The van der Waals surface area contributed by atoms with Gasteiger partial charge in [-0.25, -0.2) is 15.2 Å². The summed E-state index contributed by atoms with van der Waals surface area (Å²) >= 11 is 0. The van der Waals surface area contributed by atoms with Crippen molar-refractivity contribution in [3.8, 4) is 11.3 Å². The Morgan fingerprint density at radius 1 is 0.862 bits per heavy atom. The molecule has 2 aromatic carbocycles. The third-order valence-corrected chi connectivity index (χ3v) is 5.26. The van der Waals surface area contributed by atoms with Crippen LogP contribution in [-0.4, -0.2) is 23.0 Å². The van der Waals surface area contributed by atoms with Crippen LogP contribution in [0.25, 0.3) is 22.2 Å². The Morgan fingerprint density at radius 2 is 1.59 bits per heavy atom. The van der Waals surface area contributed by atoms with Gasteiger partial charge in [0.25, 0.3) is 5.91 Å². The first-order valence-corrected chi connectivity index (χ1v) is 10.0. The Kier molecular flexibility index (Phi) is 5.70. The van der Waals surface area contributed by atoms with Crippen molar-refractivity contribution in [2.24, 2.45) is 0 Å². The molecule has 0 atom stereocenters. The van der Waals surface area contributed by atoms with Crippen LogP contribution in [0.5, 0.6) is 0 Å². The highest BCUT2D eigenvalue weighted by Gasteiger charge is 2.17. The molecule has 4 rings (SSSR count). The minimum Gasteiger partial charge on any atom is -0.334 e. The molecule has 6 nitrogen and oxygen atoms in total. The Labute approximate surface area is 169 Å². The topological polar surface area (TPSA) is 83.1 Å². The van der Waals surface area contributed by atoms with Crippen molar-refractivity contribution in [3.63, 3.8) is 0 Å². The Morgan fingerprint density at radius 3 is 2.38 bits per heavy atom. The molecule has 1 aliphatic rings. The molecule has 6 heteroatoms. The summed E-state index contributed by atoms with van der Waals surface area (Å²) < 4.78 is 0.